The minimum Gasteiger partial charge on any atom is -0.494 e. The number of anilines is 1. The Morgan fingerprint density at radius 2 is 2.03 bits per heavy atom. The van der Waals surface area contributed by atoms with Crippen LogP contribution >= 0.6 is 23.1 Å². The summed E-state index contributed by atoms with van der Waals surface area (Å²) in [4.78, 5) is 32.1. The SMILES string of the molecule is CC(C)(C)c1cnc(CSc2cnc(NC(=O)Cc3cccc(OCCCC(=O)NO)c3)s2)o1. The summed E-state index contributed by atoms with van der Waals surface area (Å²) >= 11 is 2.96. The number of carbonyl (C=O) groups excluding carboxylic acids is 2. The lowest BCUT2D eigenvalue weighted by atomic mass is 9.94. The molecule has 0 bridgehead atoms. The molecule has 0 aliphatic rings. The number of nitrogens with one attached hydrogen (secondary N) is 2. The van der Waals surface area contributed by atoms with Crippen LogP contribution in [0.2, 0.25) is 0 Å². The molecule has 0 saturated carbocycles. The third kappa shape index (κ3) is 8.15. The van der Waals surface area contributed by atoms with Crippen LogP contribution in [0.5, 0.6) is 5.75 Å². The van der Waals surface area contributed by atoms with Crippen molar-refractivity contribution in [2.45, 2.75) is 55.4 Å². The van der Waals surface area contributed by atoms with Gasteiger partial charge in [-0.15, -0.1) is 11.8 Å². The number of hydrogen-bond donors (Lipinski definition) is 3. The van der Waals surface area contributed by atoms with Crippen molar-refractivity contribution < 1.29 is 24.0 Å². The second kappa shape index (κ2) is 12.0. The Labute approximate surface area is 206 Å². The van der Waals surface area contributed by atoms with Crippen LogP contribution in [0.3, 0.4) is 0 Å². The standard InChI is InChI=1S/C23H28N4O5S2/c1-23(2,3)17-12-24-20(32-17)14-33-21-13-25-22(34-21)26-19(29)11-15-6-4-7-16(10-15)31-9-5-8-18(28)27-30/h4,6-7,10,12-13,30H,5,8-9,11,14H2,1-3H3,(H,27,28)(H,25,26,29). The van der Waals surface area contributed by atoms with E-state index in [4.69, 9.17) is 14.4 Å². The molecule has 3 aromatic rings. The number of hydrogen-bond acceptors (Lipinski definition) is 9. The van der Waals surface area contributed by atoms with Gasteiger partial charge in [0.25, 0.3) is 0 Å². The molecular weight excluding hydrogens is 476 g/mol. The van der Waals surface area contributed by atoms with Gasteiger partial charge in [0, 0.05) is 11.8 Å². The summed E-state index contributed by atoms with van der Waals surface area (Å²) in [6.45, 7) is 6.56. The van der Waals surface area contributed by atoms with E-state index in [9.17, 15) is 9.59 Å². The van der Waals surface area contributed by atoms with Crippen LogP contribution in [0.1, 0.15) is 50.8 Å². The van der Waals surface area contributed by atoms with Gasteiger partial charge in [0.05, 0.1) is 35.4 Å². The minimum absolute atomic E-state index is 0.0814. The summed E-state index contributed by atoms with van der Waals surface area (Å²) < 4.78 is 12.4. The summed E-state index contributed by atoms with van der Waals surface area (Å²) in [6.07, 6.45) is 4.31. The molecule has 34 heavy (non-hydrogen) atoms. The lowest BCUT2D eigenvalue weighted by Gasteiger charge is -2.12. The quantitative estimate of drug-likeness (QED) is 0.150. The minimum atomic E-state index is -0.454. The number of hydroxylamine groups is 1. The molecule has 11 heteroatoms. The van der Waals surface area contributed by atoms with Gasteiger partial charge in [-0.2, -0.15) is 0 Å². The van der Waals surface area contributed by atoms with E-state index in [1.165, 1.54) is 11.3 Å². The van der Waals surface area contributed by atoms with E-state index in [2.05, 4.69) is 36.1 Å². The molecule has 3 N–H and O–H groups in total. The fourth-order valence-corrected chi connectivity index (χ4v) is 4.56. The first-order valence-electron chi connectivity index (χ1n) is 10.7. The summed E-state index contributed by atoms with van der Waals surface area (Å²) in [5.41, 5.74) is 2.30. The van der Waals surface area contributed by atoms with Crippen LogP contribution in [0.4, 0.5) is 5.13 Å². The number of carbonyl (C=O) groups is 2. The first kappa shape index (κ1) is 25.7. The largest absolute Gasteiger partial charge is 0.494 e. The van der Waals surface area contributed by atoms with E-state index in [0.717, 1.165) is 15.5 Å². The van der Waals surface area contributed by atoms with Gasteiger partial charge < -0.3 is 14.5 Å². The lowest BCUT2D eigenvalue weighted by molar-refractivity contribution is -0.129. The Balaban J connectivity index is 1.45. The lowest BCUT2D eigenvalue weighted by Crippen LogP contribution is -2.18. The number of rotatable bonds is 11. The maximum atomic E-state index is 12.5. The molecule has 0 saturated heterocycles. The number of thioether (sulfide) groups is 1. The summed E-state index contributed by atoms with van der Waals surface area (Å²) in [6, 6.07) is 7.23. The maximum Gasteiger partial charge on any atom is 0.243 e. The van der Waals surface area contributed by atoms with Gasteiger partial charge in [0.2, 0.25) is 17.7 Å². The average Bonchev–Trinajstić information content (AvgIpc) is 3.44. The molecule has 182 valence electrons. The number of aromatic nitrogens is 2. The Morgan fingerprint density at radius 3 is 2.76 bits per heavy atom. The van der Waals surface area contributed by atoms with Crippen LogP contribution in [0, 0.1) is 0 Å². The molecule has 0 aliphatic carbocycles. The monoisotopic (exact) mass is 504 g/mol. The fourth-order valence-electron chi connectivity index (χ4n) is 2.81. The van der Waals surface area contributed by atoms with Gasteiger partial charge in [-0.1, -0.05) is 44.2 Å². The van der Waals surface area contributed by atoms with Crippen LogP contribution in [-0.2, 0) is 27.2 Å². The van der Waals surface area contributed by atoms with E-state index in [0.29, 0.717) is 35.6 Å². The summed E-state index contributed by atoms with van der Waals surface area (Å²) in [5.74, 6) is 2.08. The average molecular weight is 505 g/mol. The number of oxazole rings is 1. The van der Waals surface area contributed by atoms with Crippen molar-refractivity contribution in [1.29, 1.82) is 0 Å². The van der Waals surface area contributed by atoms with Gasteiger partial charge in [-0.25, -0.2) is 15.4 Å². The second-order valence-electron chi connectivity index (χ2n) is 8.50. The van der Waals surface area contributed by atoms with Crippen molar-refractivity contribution in [2.24, 2.45) is 0 Å². The highest BCUT2D eigenvalue weighted by Crippen LogP contribution is 2.31. The molecule has 1 aromatic carbocycles. The Hall–Kier alpha value is -2.89. The van der Waals surface area contributed by atoms with Crippen molar-refractivity contribution in [3.8, 4) is 5.75 Å². The fraction of sp³-hybridized carbons (Fsp3) is 0.391. The summed E-state index contributed by atoms with van der Waals surface area (Å²) in [7, 11) is 0. The molecule has 0 aliphatic heterocycles. The summed E-state index contributed by atoms with van der Waals surface area (Å²) in [5, 5.41) is 11.9. The van der Waals surface area contributed by atoms with E-state index in [1.54, 1.807) is 41.8 Å². The first-order chi connectivity index (χ1) is 16.2. The van der Waals surface area contributed by atoms with Crippen LogP contribution < -0.4 is 15.5 Å². The van der Waals surface area contributed by atoms with E-state index < -0.39 is 5.91 Å². The third-order valence-electron chi connectivity index (χ3n) is 4.57. The molecule has 2 amide bonds. The normalized spacial score (nSPS) is 11.3. The third-order valence-corrected chi connectivity index (χ3v) is 6.66. The number of thiazole rings is 1. The van der Waals surface area contributed by atoms with Gasteiger partial charge in [-0.3, -0.25) is 14.8 Å². The zero-order chi connectivity index (χ0) is 24.6. The van der Waals surface area contributed by atoms with E-state index in [1.807, 2.05) is 12.1 Å². The predicted molar refractivity (Wildman–Crippen MR) is 130 cm³/mol. The molecule has 0 unspecified atom stereocenters. The Bertz CT molecular complexity index is 1110. The molecule has 3 rings (SSSR count). The van der Waals surface area contributed by atoms with Gasteiger partial charge >= 0.3 is 0 Å². The molecule has 0 spiro atoms. The van der Waals surface area contributed by atoms with Gasteiger partial charge in [0.15, 0.2) is 5.13 Å². The predicted octanol–water partition coefficient (Wildman–Crippen LogP) is 4.57. The number of amides is 2. The van der Waals surface area contributed by atoms with Crippen LogP contribution in [0.15, 0.2) is 45.3 Å². The van der Waals surface area contributed by atoms with Crippen molar-refractivity contribution in [1.82, 2.24) is 15.4 Å². The topological polar surface area (TPSA) is 127 Å². The van der Waals surface area contributed by atoms with Crippen molar-refractivity contribution in [3.05, 3.63) is 53.9 Å². The Kier molecular flexibility index (Phi) is 9.08. The molecular formula is C23H28N4O5S2. The molecule has 0 atom stereocenters. The van der Waals surface area contributed by atoms with Crippen molar-refractivity contribution >= 4 is 40.0 Å². The second-order valence-corrected chi connectivity index (χ2v) is 10.8. The zero-order valence-corrected chi connectivity index (χ0v) is 20.9. The molecule has 2 heterocycles. The molecule has 9 nitrogen and oxygen atoms in total. The highest BCUT2D eigenvalue weighted by molar-refractivity contribution is 8.00. The van der Waals surface area contributed by atoms with Crippen LogP contribution in [-0.4, -0.2) is 33.6 Å². The number of ether oxygens (including phenoxy) is 1. The van der Waals surface area contributed by atoms with Gasteiger partial charge in [-0.05, 0) is 24.1 Å². The van der Waals surface area contributed by atoms with Crippen molar-refractivity contribution in [3.63, 3.8) is 0 Å². The van der Waals surface area contributed by atoms with Gasteiger partial charge in [0.1, 0.15) is 11.5 Å². The molecule has 0 fully saturated rings. The smallest absolute Gasteiger partial charge is 0.243 e. The van der Waals surface area contributed by atoms with E-state index >= 15 is 0 Å². The maximum absolute atomic E-state index is 12.5. The Morgan fingerprint density at radius 1 is 1.21 bits per heavy atom. The molecule has 0 radical (unpaired) electrons. The highest BCUT2D eigenvalue weighted by Gasteiger charge is 2.19. The number of benzene rings is 1. The first-order valence-corrected chi connectivity index (χ1v) is 12.5. The van der Waals surface area contributed by atoms with E-state index in [-0.39, 0.29) is 24.2 Å². The molecule has 2 aromatic heterocycles. The zero-order valence-electron chi connectivity index (χ0n) is 19.3. The number of nitrogens with zero attached hydrogens (tertiary/aromatic N) is 2. The highest BCUT2D eigenvalue weighted by atomic mass is 32.2. The van der Waals surface area contributed by atoms with Crippen molar-refractivity contribution in [2.75, 3.05) is 11.9 Å². The van der Waals surface area contributed by atoms with Crippen LogP contribution in [0.25, 0.3) is 0 Å².